The Balaban J connectivity index is 2.70. The van der Waals surface area contributed by atoms with Crippen LogP contribution in [0.5, 0.6) is 0 Å². The summed E-state index contributed by atoms with van der Waals surface area (Å²) in [6.45, 7) is 0. The first-order valence-corrected chi connectivity index (χ1v) is 3.55. The molecular weight excluding hydrogens is 173 g/mol. The Morgan fingerprint density at radius 3 is 2.92 bits per heavy atom. The van der Waals surface area contributed by atoms with E-state index in [0.29, 0.717) is 5.69 Å². The Labute approximate surface area is 72.6 Å². The maximum Gasteiger partial charge on any atom is 0.388 e. The van der Waals surface area contributed by atoms with Crippen LogP contribution < -0.4 is 5.32 Å². The molecule has 0 atom stereocenters. The molecule has 64 valence electrons. The van der Waals surface area contributed by atoms with Gasteiger partial charge in [0, 0.05) is 0 Å². The molecule has 0 radical (unpaired) electrons. The van der Waals surface area contributed by atoms with Crippen molar-refractivity contribution in [3.05, 3.63) is 35.1 Å². The van der Waals surface area contributed by atoms with E-state index in [0.717, 1.165) is 6.07 Å². The van der Waals surface area contributed by atoms with Crippen molar-refractivity contribution in [2.24, 2.45) is 0 Å². The van der Waals surface area contributed by atoms with Crippen molar-refractivity contribution < 1.29 is 14.0 Å². The standard InChI is InChI=1S/C8H4FN3O/c9-4-1-2-6-5(3-4)7(12-10)8(13)11-6/h1-3H,(H,11,13). The van der Waals surface area contributed by atoms with Crippen LogP contribution in [-0.4, -0.2) is 16.4 Å². The minimum absolute atomic E-state index is 0.158. The van der Waals surface area contributed by atoms with E-state index in [1.807, 2.05) is 0 Å². The van der Waals surface area contributed by atoms with Gasteiger partial charge in [0.15, 0.2) is 0 Å². The molecule has 1 aromatic rings. The van der Waals surface area contributed by atoms with Crippen molar-refractivity contribution in [2.75, 3.05) is 5.32 Å². The summed E-state index contributed by atoms with van der Waals surface area (Å²) in [6.07, 6.45) is 0. The first-order valence-electron chi connectivity index (χ1n) is 3.55. The number of fused-ring (bicyclic) bond motifs is 1. The summed E-state index contributed by atoms with van der Waals surface area (Å²) in [7, 11) is 0. The lowest BCUT2D eigenvalue weighted by Gasteiger charge is -1.92. The number of carbonyl (C=O) groups excluding carboxylic acids is 1. The van der Waals surface area contributed by atoms with E-state index in [2.05, 4.69) is 10.1 Å². The largest absolute Gasteiger partial charge is 0.388 e. The van der Waals surface area contributed by atoms with Gasteiger partial charge in [0.05, 0.1) is 11.3 Å². The number of amides is 1. The first-order chi connectivity index (χ1) is 6.22. The topological polar surface area (TPSA) is 65.5 Å². The molecule has 1 aliphatic heterocycles. The van der Waals surface area contributed by atoms with Crippen LogP contribution in [0, 0.1) is 5.82 Å². The molecule has 0 unspecified atom stereocenters. The van der Waals surface area contributed by atoms with Crippen molar-refractivity contribution in [1.82, 2.24) is 0 Å². The number of anilines is 1. The van der Waals surface area contributed by atoms with Gasteiger partial charge in [-0.05, 0) is 18.2 Å². The summed E-state index contributed by atoms with van der Waals surface area (Å²) >= 11 is 0. The second-order valence-electron chi connectivity index (χ2n) is 2.59. The minimum Gasteiger partial charge on any atom is -0.361 e. The van der Waals surface area contributed by atoms with Crippen LogP contribution in [0.3, 0.4) is 0 Å². The van der Waals surface area contributed by atoms with E-state index in [4.69, 9.17) is 5.53 Å². The number of nitrogens with zero attached hydrogens (tertiary/aromatic N) is 2. The van der Waals surface area contributed by atoms with Gasteiger partial charge >= 0.3 is 11.6 Å². The number of benzene rings is 1. The fourth-order valence-corrected chi connectivity index (χ4v) is 1.22. The zero-order chi connectivity index (χ0) is 9.42. The number of hydrogen-bond acceptors (Lipinski definition) is 1. The monoisotopic (exact) mass is 177 g/mol. The highest BCUT2D eigenvalue weighted by atomic mass is 19.1. The molecule has 4 nitrogen and oxygen atoms in total. The fraction of sp³-hybridized carbons (Fsp3) is 0. The van der Waals surface area contributed by atoms with Crippen molar-refractivity contribution in [3.63, 3.8) is 0 Å². The highest BCUT2D eigenvalue weighted by Crippen LogP contribution is 2.22. The molecule has 0 fully saturated rings. The second-order valence-corrected chi connectivity index (χ2v) is 2.59. The summed E-state index contributed by atoms with van der Waals surface area (Å²) in [5.74, 6) is -1.00. The number of nitrogens with one attached hydrogen (secondary N) is 1. The molecule has 2 rings (SSSR count). The molecule has 0 bridgehead atoms. The second kappa shape index (κ2) is 2.50. The van der Waals surface area contributed by atoms with Gasteiger partial charge in [-0.2, -0.15) is 4.79 Å². The highest BCUT2D eigenvalue weighted by molar-refractivity contribution is 6.51. The summed E-state index contributed by atoms with van der Waals surface area (Å²) in [5, 5.41) is 2.43. The molecule has 0 aliphatic carbocycles. The third-order valence-electron chi connectivity index (χ3n) is 1.80. The van der Waals surface area contributed by atoms with E-state index in [-0.39, 0.29) is 11.3 Å². The van der Waals surface area contributed by atoms with Crippen LogP contribution in [-0.2, 0) is 4.79 Å². The predicted octanol–water partition coefficient (Wildman–Crippen LogP) is 0.797. The number of rotatable bonds is 0. The molecule has 0 saturated heterocycles. The fourth-order valence-electron chi connectivity index (χ4n) is 1.22. The van der Waals surface area contributed by atoms with Crippen LogP contribution in [0.15, 0.2) is 18.2 Å². The maximum absolute atomic E-state index is 12.7. The average Bonchev–Trinajstić information content (AvgIpc) is 2.40. The van der Waals surface area contributed by atoms with Gasteiger partial charge in [0.2, 0.25) is 0 Å². The molecule has 13 heavy (non-hydrogen) atoms. The van der Waals surface area contributed by atoms with Gasteiger partial charge < -0.3 is 10.8 Å². The lowest BCUT2D eigenvalue weighted by Crippen LogP contribution is -2.14. The molecule has 0 saturated carbocycles. The lowest BCUT2D eigenvalue weighted by atomic mass is 10.1. The molecule has 0 spiro atoms. The number of hydrogen-bond donors (Lipinski definition) is 1. The van der Waals surface area contributed by atoms with Gasteiger partial charge in [-0.1, -0.05) is 0 Å². The van der Waals surface area contributed by atoms with E-state index >= 15 is 0 Å². The van der Waals surface area contributed by atoms with Crippen LogP contribution in [0.2, 0.25) is 0 Å². The van der Waals surface area contributed by atoms with Crippen molar-refractivity contribution in [3.8, 4) is 0 Å². The molecule has 1 aromatic carbocycles. The molecule has 0 aromatic heterocycles. The number of halogens is 1. The van der Waals surface area contributed by atoms with Gasteiger partial charge in [-0.3, -0.25) is 4.79 Å². The van der Waals surface area contributed by atoms with E-state index in [9.17, 15) is 9.18 Å². The number of carbonyl (C=O) groups is 1. The lowest BCUT2D eigenvalue weighted by molar-refractivity contribution is -0.114. The van der Waals surface area contributed by atoms with Crippen LogP contribution >= 0.6 is 0 Å². The zero-order valence-electron chi connectivity index (χ0n) is 6.41. The molecule has 5 heteroatoms. The molecule has 1 N–H and O–H groups in total. The van der Waals surface area contributed by atoms with Crippen molar-refractivity contribution in [1.29, 1.82) is 0 Å². The first kappa shape index (κ1) is 7.64. The molecule has 1 heterocycles. The quantitative estimate of drug-likeness (QED) is 0.462. The van der Waals surface area contributed by atoms with Crippen LogP contribution in [0.1, 0.15) is 5.56 Å². The summed E-state index contributed by atoms with van der Waals surface area (Å²) in [4.78, 5) is 13.8. The smallest absolute Gasteiger partial charge is 0.361 e. The van der Waals surface area contributed by atoms with E-state index in [1.165, 1.54) is 12.1 Å². The summed E-state index contributed by atoms with van der Waals surface area (Å²) in [5.41, 5.74) is 9.06. The maximum atomic E-state index is 12.7. The van der Waals surface area contributed by atoms with Crippen LogP contribution in [0.25, 0.3) is 5.53 Å². The third-order valence-corrected chi connectivity index (χ3v) is 1.80. The van der Waals surface area contributed by atoms with Crippen LogP contribution in [0.4, 0.5) is 10.1 Å². The molecule has 1 amide bonds. The highest BCUT2D eigenvalue weighted by Gasteiger charge is 2.33. The normalized spacial score (nSPS) is 13.6. The van der Waals surface area contributed by atoms with Crippen molar-refractivity contribution >= 4 is 17.3 Å². The van der Waals surface area contributed by atoms with Gasteiger partial charge in [0.1, 0.15) is 5.82 Å². The Morgan fingerprint density at radius 2 is 2.23 bits per heavy atom. The third kappa shape index (κ3) is 1.02. The Kier molecular flexibility index (Phi) is 1.47. The average molecular weight is 177 g/mol. The Hall–Kier alpha value is -2.00. The molecular formula is C8H4FN3O. The minimum atomic E-state index is -0.525. The van der Waals surface area contributed by atoms with Gasteiger partial charge in [0.25, 0.3) is 0 Å². The van der Waals surface area contributed by atoms with E-state index in [1.54, 1.807) is 0 Å². The van der Waals surface area contributed by atoms with E-state index < -0.39 is 11.7 Å². The predicted molar refractivity (Wildman–Crippen MR) is 42.8 cm³/mol. The zero-order valence-corrected chi connectivity index (χ0v) is 6.41. The molecule has 1 aliphatic rings. The van der Waals surface area contributed by atoms with Crippen molar-refractivity contribution in [2.45, 2.75) is 0 Å². The van der Waals surface area contributed by atoms with Gasteiger partial charge in [-0.25, -0.2) is 4.39 Å². The SMILES string of the molecule is [N-]=[N+]=C1C(=O)Nc2ccc(F)cc21. The Bertz CT molecular complexity index is 449. The Morgan fingerprint density at radius 1 is 1.46 bits per heavy atom. The summed E-state index contributed by atoms with van der Waals surface area (Å²) < 4.78 is 12.7. The summed E-state index contributed by atoms with van der Waals surface area (Å²) in [6, 6.07) is 3.78. The van der Waals surface area contributed by atoms with Gasteiger partial charge in [-0.15, -0.1) is 0 Å².